The van der Waals surface area contributed by atoms with Crippen LogP contribution in [0.1, 0.15) is 36.5 Å². The van der Waals surface area contributed by atoms with Gasteiger partial charge in [-0.1, -0.05) is 0 Å². The van der Waals surface area contributed by atoms with Crippen molar-refractivity contribution < 1.29 is 19.1 Å². The lowest BCUT2D eigenvalue weighted by Crippen LogP contribution is -2.58. The molecule has 0 bridgehead atoms. The molecule has 3 heterocycles. The van der Waals surface area contributed by atoms with Crippen LogP contribution in [0.5, 0.6) is 5.75 Å². The van der Waals surface area contributed by atoms with Gasteiger partial charge in [-0.3, -0.25) is 14.4 Å². The summed E-state index contributed by atoms with van der Waals surface area (Å²) in [5.74, 6) is 0.585. The number of fused-ring (bicyclic) bond motifs is 1. The number of hydrogen-bond acceptors (Lipinski definition) is 6. The van der Waals surface area contributed by atoms with E-state index in [4.69, 9.17) is 4.74 Å². The van der Waals surface area contributed by atoms with E-state index in [0.717, 1.165) is 0 Å². The summed E-state index contributed by atoms with van der Waals surface area (Å²) in [5, 5.41) is 9.15. The smallest absolute Gasteiger partial charge is 0.256 e. The molecule has 31 heavy (non-hydrogen) atoms. The van der Waals surface area contributed by atoms with Gasteiger partial charge in [0.25, 0.3) is 5.91 Å². The average Bonchev–Trinajstić information content (AvgIpc) is 2.93. The monoisotopic (exact) mass is 423 g/mol. The van der Waals surface area contributed by atoms with E-state index < -0.39 is 11.7 Å². The number of nitrogens with zero attached hydrogens (tertiary/aromatic N) is 2. The van der Waals surface area contributed by atoms with Gasteiger partial charge in [0.05, 0.1) is 12.7 Å². The van der Waals surface area contributed by atoms with Crippen molar-refractivity contribution in [3.05, 3.63) is 48.2 Å². The molecular formula is C22H25N5O4. The Balaban J connectivity index is 1.45. The molecular weight excluding hydrogens is 398 g/mol. The van der Waals surface area contributed by atoms with E-state index in [-0.39, 0.29) is 24.1 Å². The highest BCUT2D eigenvalue weighted by atomic mass is 16.5. The summed E-state index contributed by atoms with van der Waals surface area (Å²) < 4.78 is 5.12. The average molecular weight is 423 g/mol. The van der Waals surface area contributed by atoms with Crippen LogP contribution in [0, 0.1) is 0 Å². The van der Waals surface area contributed by atoms with Crippen LogP contribution in [-0.2, 0) is 9.59 Å². The van der Waals surface area contributed by atoms with Crippen LogP contribution in [-0.4, -0.2) is 53.0 Å². The first kappa shape index (κ1) is 20.6. The number of nitrogens with one attached hydrogen (secondary N) is 3. The zero-order chi connectivity index (χ0) is 22.0. The number of methoxy groups -OCH3 is 1. The largest absolute Gasteiger partial charge is 0.497 e. The maximum Gasteiger partial charge on any atom is 0.256 e. The molecule has 2 aliphatic rings. The minimum atomic E-state index is -0.769. The molecule has 2 aromatic rings. The third-order valence-electron chi connectivity index (χ3n) is 5.83. The predicted octanol–water partition coefficient (Wildman–Crippen LogP) is 1.98. The summed E-state index contributed by atoms with van der Waals surface area (Å²) in [7, 11) is 1.58. The molecule has 0 aliphatic carbocycles. The van der Waals surface area contributed by atoms with Crippen molar-refractivity contribution >= 4 is 29.2 Å². The normalized spacial score (nSPS) is 21.4. The molecule has 9 heteroatoms. The summed E-state index contributed by atoms with van der Waals surface area (Å²) in [5.41, 5.74) is 0.336. The predicted molar refractivity (Wildman–Crippen MR) is 115 cm³/mol. The van der Waals surface area contributed by atoms with E-state index in [1.807, 2.05) is 0 Å². The molecule has 0 radical (unpaired) electrons. The van der Waals surface area contributed by atoms with Gasteiger partial charge in [0.1, 0.15) is 23.3 Å². The first-order valence-corrected chi connectivity index (χ1v) is 10.2. The number of benzene rings is 1. The number of rotatable bonds is 4. The van der Waals surface area contributed by atoms with Gasteiger partial charge in [0, 0.05) is 31.3 Å². The Bertz CT molecular complexity index is 1010. The summed E-state index contributed by atoms with van der Waals surface area (Å²) in [6, 6.07) is 9.75. The third-order valence-corrected chi connectivity index (χ3v) is 5.83. The van der Waals surface area contributed by atoms with E-state index in [1.165, 1.54) is 0 Å². The standard InChI is InChI=1S/C22H25N5O4/c1-14(20(29)24-15-5-7-16(31-2)8-6-15)27-13-11-22(10-9-18(27)28)25-19-17(21(30)26-22)4-3-12-23-19/h3-8,12,14H,9-11,13H2,1-2H3,(H,23,25)(H,24,29)(H,26,30). The molecule has 162 valence electrons. The van der Waals surface area contributed by atoms with E-state index in [0.29, 0.717) is 42.2 Å². The topological polar surface area (TPSA) is 113 Å². The Kier molecular flexibility index (Phi) is 5.50. The third kappa shape index (κ3) is 4.16. The van der Waals surface area contributed by atoms with Gasteiger partial charge < -0.3 is 25.6 Å². The van der Waals surface area contributed by atoms with E-state index in [9.17, 15) is 14.4 Å². The Morgan fingerprint density at radius 3 is 2.71 bits per heavy atom. The van der Waals surface area contributed by atoms with Gasteiger partial charge in [-0.05, 0) is 49.7 Å². The first-order valence-electron chi connectivity index (χ1n) is 10.2. The number of carbonyl (C=O) groups excluding carboxylic acids is 3. The molecule has 2 unspecified atom stereocenters. The van der Waals surface area contributed by atoms with Crippen LogP contribution in [0.2, 0.25) is 0 Å². The molecule has 1 saturated heterocycles. The van der Waals surface area contributed by atoms with Gasteiger partial charge in [0.15, 0.2) is 0 Å². The van der Waals surface area contributed by atoms with Crippen molar-refractivity contribution in [2.45, 2.75) is 37.9 Å². The van der Waals surface area contributed by atoms with Crippen molar-refractivity contribution in [1.29, 1.82) is 0 Å². The van der Waals surface area contributed by atoms with Crippen LogP contribution >= 0.6 is 0 Å². The second-order valence-corrected chi connectivity index (χ2v) is 7.79. The van der Waals surface area contributed by atoms with Crippen molar-refractivity contribution in [2.75, 3.05) is 24.3 Å². The molecule has 3 amide bonds. The number of anilines is 2. The second-order valence-electron chi connectivity index (χ2n) is 7.79. The molecule has 1 aromatic heterocycles. The SMILES string of the molecule is COc1ccc(NC(=O)C(C)N2CCC3(CCC2=O)NC(=O)c2cccnc2N3)cc1. The molecule has 9 nitrogen and oxygen atoms in total. The summed E-state index contributed by atoms with van der Waals surface area (Å²) in [6.07, 6.45) is 2.70. The van der Waals surface area contributed by atoms with Crippen molar-refractivity contribution in [3.8, 4) is 5.75 Å². The minimum absolute atomic E-state index is 0.128. The Hall–Kier alpha value is -3.62. The van der Waals surface area contributed by atoms with Gasteiger partial charge in [0.2, 0.25) is 11.8 Å². The van der Waals surface area contributed by atoms with Gasteiger partial charge in [-0.2, -0.15) is 0 Å². The van der Waals surface area contributed by atoms with E-state index >= 15 is 0 Å². The molecule has 1 fully saturated rings. The van der Waals surface area contributed by atoms with Crippen LogP contribution in [0.4, 0.5) is 11.5 Å². The number of likely N-dealkylation sites (tertiary alicyclic amines) is 1. The highest BCUT2D eigenvalue weighted by Gasteiger charge is 2.42. The number of ether oxygens (including phenoxy) is 1. The summed E-state index contributed by atoms with van der Waals surface area (Å²) in [6.45, 7) is 2.03. The van der Waals surface area contributed by atoms with Crippen molar-refractivity contribution in [3.63, 3.8) is 0 Å². The van der Waals surface area contributed by atoms with E-state index in [1.54, 1.807) is 61.5 Å². The van der Waals surface area contributed by atoms with Gasteiger partial charge in [-0.15, -0.1) is 0 Å². The molecule has 1 aromatic carbocycles. The number of carbonyl (C=O) groups is 3. The number of aromatic nitrogens is 1. The van der Waals surface area contributed by atoms with Gasteiger partial charge >= 0.3 is 0 Å². The second kappa shape index (κ2) is 8.25. The first-order chi connectivity index (χ1) is 14.9. The van der Waals surface area contributed by atoms with E-state index in [2.05, 4.69) is 20.9 Å². The summed E-state index contributed by atoms with van der Waals surface area (Å²) >= 11 is 0. The highest BCUT2D eigenvalue weighted by Crippen LogP contribution is 2.31. The van der Waals surface area contributed by atoms with Crippen LogP contribution < -0.4 is 20.7 Å². The molecule has 4 rings (SSSR count). The fourth-order valence-electron chi connectivity index (χ4n) is 3.98. The fraction of sp³-hybridized carbons (Fsp3) is 0.364. The Labute approximate surface area is 180 Å². The Morgan fingerprint density at radius 2 is 1.97 bits per heavy atom. The van der Waals surface area contributed by atoms with Crippen molar-refractivity contribution in [2.24, 2.45) is 0 Å². The lowest BCUT2D eigenvalue weighted by atomic mass is 9.97. The molecule has 1 spiro atoms. The molecule has 0 saturated carbocycles. The molecule has 2 atom stereocenters. The number of hydrogen-bond donors (Lipinski definition) is 3. The quantitative estimate of drug-likeness (QED) is 0.693. The van der Waals surface area contributed by atoms with Crippen LogP contribution in [0.3, 0.4) is 0 Å². The molecule has 2 aliphatic heterocycles. The fourth-order valence-corrected chi connectivity index (χ4v) is 3.98. The lowest BCUT2D eigenvalue weighted by Gasteiger charge is -2.39. The number of amides is 3. The summed E-state index contributed by atoms with van der Waals surface area (Å²) in [4.78, 5) is 44.0. The Morgan fingerprint density at radius 1 is 1.19 bits per heavy atom. The van der Waals surface area contributed by atoms with Crippen LogP contribution in [0.25, 0.3) is 0 Å². The maximum atomic E-state index is 12.8. The zero-order valence-electron chi connectivity index (χ0n) is 17.5. The van der Waals surface area contributed by atoms with Crippen LogP contribution in [0.15, 0.2) is 42.6 Å². The maximum absolute atomic E-state index is 12.8. The molecule has 3 N–H and O–H groups in total. The number of pyridine rings is 1. The highest BCUT2D eigenvalue weighted by molar-refractivity contribution is 6.01. The van der Waals surface area contributed by atoms with Crippen molar-refractivity contribution in [1.82, 2.24) is 15.2 Å². The lowest BCUT2D eigenvalue weighted by molar-refractivity contribution is -0.137. The minimum Gasteiger partial charge on any atom is -0.497 e. The van der Waals surface area contributed by atoms with Gasteiger partial charge in [-0.25, -0.2) is 4.98 Å². The zero-order valence-corrected chi connectivity index (χ0v) is 17.5.